The minimum absolute atomic E-state index is 0.132. The zero-order chi connectivity index (χ0) is 15.6. The summed E-state index contributed by atoms with van der Waals surface area (Å²) in [5, 5.41) is 0. The molecule has 1 fully saturated rings. The molecule has 0 bridgehead atoms. The molecule has 0 radical (unpaired) electrons. The van der Waals surface area contributed by atoms with Crippen molar-refractivity contribution in [1.29, 1.82) is 0 Å². The Morgan fingerprint density at radius 1 is 1.29 bits per heavy atom. The van der Waals surface area contributed by atoms with Crippen molar-refractivity contribution in [3.05, 3.63) is 24.3 Å². The number of amides is 1. The third-order valence-corrected chi connectivity index (χ3v) is 4.71. The predicted octanol–water partition coefficient (Wildman–Crippen LogP) is 2.60. The number of likely N-dealkylation sites (tertiary alicyclic amines) is 1. The zero-order valence-corrected chi connectivity index (χ0v) is 13.5. The number of benzene rings is 1. The van der Waals surface area contributed by atoms with Crippen LogP contribution in [0.25, 0.3) is 0 Å². The number of carbonyl (C=O) groups excluding carboxylic acids is 1. The molecule has 1 aliphatic heterocycles. The van der Waals surface area contributed by atoms with Crippen LogP contribution in [0, 0.1) is 11.8 Å². The van der Waals surface area contributed by atoms with E-state index in [2.05, 4.69) is 25.7 Å². The second kappa shape index (κ2) is 6.48. The smallest absolute Gasteiger partial charge is 0.240 e. The number of nitrogen functional groups attached to an aromatic ring is 1. The number of hydrogen-bond donors (Lipinski definition) is 1. The number of anilines is 2. The van der Waals surface area contributed by atoms with Crippen LogP contribution in [0.15, 0.2) is 24.3 Å². The predicted molar refractivity (Wildman–Crippen MR) is 88.2 cm³/mol. The summed E-state index contributed by atoms with van der Waals surface area (Å²) in [5.41, 5.74) is 7.29. The van der Waals surface area contributed by atoms with Gasteiger partial charge in [0.25, 0.3) is 0 Å². The summed E-state index contributed by atoms with van der Waals surface area (Å²) < 4.78 is 0. The van der Waals surface area contributed by atoms with Gasteiger partial charge in [-0.3, -0.25) is 9.69 Å². The quantitative estimate of drug-likeness (QED) is 0.870. The SMILES string of the molecule is CC1CC(C)C(C)N(CC(=O)N(C)c2ccc(N)cc2)C1. The molecule has 0 spiro atoms. The number of rotatable bonds is 3. The van der Waals surface area contributed by atoms with E-state index in [4.69, 9.17) is 5.73 Å². The van der Waals surface area contributed by atoms with E-state index in [-0.39, 0.29) is 5.91 Å². The van der Waals surface area contributed by atoms with Gasteiger partial charge in [0.2, 0.25) is 5.91 Å². The maximum absolute atomic E-state index is 12.5. The molecular formula is C17H27N3O. The van der Waals surface area contributed by atoms with Crippen LogP contribution in [-0.2, 0) is 4.79 Å². The average molecular weight is 289 g/mol. The molecular weight excluding hydrogens is 262 g/mol. The molecule has 116 valence electrons. The van der Waals surface area contributed by atoms with Crippen molar-refractivity contribution in [2.75, 3.05) is 30.8 Å². The van der Waals surface area contributed by atoms with Crippen LogP contribution in [0.1, 0.15) is 27.2 Å². The van der Waals surface area contributed by atoms with E-state index in [0.29, 0.717) is 30.1 Å². The third-order valence-electron chi connectivity index (χ3n) is 4.71. The highest BCUT2D eigenvalue weighted by atomic mass is 16.2. The van der Waals surface area contributed by atoms with Crippen LogP contribution >= 0.6 is 0 Å². The lowest BCUT2D eigenvalue weighted by Gasteiger charge is -2.41. The molecule has 21 heavy (non-hydrogen) atoms. The summed E-state index contributed by atoms with van der Waals surface area (Å²) in [5.74, 6) is 1.43. The van der Waals surface area contributed by atoms with Crippen LogP contribution < -0.4 is 10.6 Å². The van der Waals surface area contributed by atoms with Crippen molar-refractivity contribution in [2.24, 2.45) is 11.8 Å². The Balaban J connectivity index is 2.01. The summed E-state index contributed by atoms with van der Waals surface area (Å²) >= 11 is 0. The van der Waals surface area contributed by atoms with Crippen molar-refractivity contribution >= 4 is 17.3 Å². The monoisotopic (exact) mass is 289 g/mol. The van der Waals surface area contributed by atoms with Crippen molar-refractivity contribution < 1.29 is 4.79 Å². The molecule has 1 aromatic rings. The van der Waals surface area contributed by atoms with Gasteiger partial charge in [-0.15, -0.1) is 0 Å². The lowest BCUT2D eigenvalue weighted by molar-refractivity contribution is -0.120. The molecule has 0 aromatic heterocycles. The second-order valence-electron chi connectivity index (χ2n) is 6.53. The molecule has 2 N–H and O–H groups in total. The van der Waals surface area contributed by atoms with Gasteiger partial charge in [0.15, 0.2) is 0 Å². The summed E-state index contributed by atoms with van der Waals surface area (Å²) in [6, 6.07) is 7.89. The lowest BCUT2D eigenvalue weighted by atomic mass is 9.86. The van der Waals surface area contributed by atoms with E-state index in [9.17, 15) is 4.79 Å². The summed E-state index contributed by atoms with van der Waals surface area (Å²) in [7, 11) is 1.83. The molecule has 0 saturated carbocycles. The second-order valence-corrected chi connectivity index (χ2v) is 6.53. The summed E-state index contributed by atoms with van der Waals surface area (Å²) in [6.07, 6.45) is 1.25. The topological polar surface area (TPSA) is 49.6 Å². The Kier molecular flexibility index (Phi) is 4.88. The highest BCUT2D eigenvalue weighted by Crippen LogP contribution is 2.27. The van der Waals surface area contributed by atoms with E-state index in [0.717, 1.165) is 12.2 Å². The maximum atomic E-state index is 12.5. The Bertz CT molecular complexity index is 485. The van der Waals surface area contributed by atoms with Crippen molar-refractivity contribution in [2.45, 2.75) is 33.2 Å². The highest BCUT2D eigenvalue weighted by Gasteiger charge is 2.30. The highest BCUT2D eigenvalue weighted by molar-refractivity contribution is 5.94. The largest absolute Gasteiger partial charge is 0.399 e. The van der Waals surface area contributed by atoms with Gasteiger partial charge < -0.3 is 10.6 Å². The summed E-state index contributed by atoms with van der Waals surface area (Å²) in [6.45, 7) is 8.27. The van der Waals surface area contributed by atoms with Gasteiger partial charge in [-0.1, -0.05) is 13.8 Å². The van der Waals surface area contributed by atoms with Gasteiger partial charge in [0, 0.05) is 31.0 Å². The van der Waals surface area contributed by atoms with Crippen LogP contribution in [0.3, 0.4) is 0 Å². The maximum Gasteiger partial charge on any atom is 0.240 e. The van der Waals surface area contributed by atoms with E-state index in [1.807, 2.05) is 31.3 Å². The molecule has 4 heteroatoms. The fourth-order valence-electron chi connectivity index (χ4n) is 3.16. The number of likely N-dealkylation sites (N-methyl/N-ethyl adjacent to an activating group) is 1. The van der Waals surface area contributed by atoms with Crippen LogP contribution in [0.4, 0.5) is 11.4 Å². The minimum Gasteiger partial charge on any atom is -0.399 e. The van der Waals surface area contributed by atoms with Gasteiger partial charge in [-0.05, 0) is 49.4 Å². The van der Waals surface area contributed by atoms with E-state index >= 15 is 0 Å². The average Bonchev–Trinajstić information content (AvgIpc) is 2.44. The number of nitrogens with zero attached hydrogens (tertiary/aromatic N) is 2. The lowest BCUT2D eigenvalue weighted by Crippen LogP contribution is -2.50. The molecule has 4 nitrogen and oxygen atoms in total. The first-order valence-corrected chi connectivity index (χ1v) is 7.74. The normalized spacial score (nSPS) is 26.6. The Morgan fingerprint density at radius 3 is 2.52 bits per heavy atom. The van der Waals surface area contributed by atoms with Crippen LogP contribution in [-0.4, -0.2) is 37.0 Å². The van der Waals surface area contributed by atoms with E-state index in [1.54, 1.807) is 4.90 Å². The fourth-order valence-corrected chi connectivity index (χ4v) is 3.16. The standard InChI is InChI=1S/C17H27N3O/c1-12-9-13(2)14(3)20(10-12)11-17(21)19(4)16-7-5-15(18)6-8-16/h5-8,12-14H,9-11,18H2,1-4H3. The number of hydrogen-bond acceptors (Lipinski definition) is 3. The van der Waals surface area contributed by atoms with Crippen LogP contribution in [0.2, 0.25) is 0 Å². The molecule has 3 atom stereocenters. The van der Waals surface area contributed by atoms with Gasteiger partial charge in [-0.2, -0.15) is 0 Å². The Labute approximate surface area is 127 Å². The van der Waals surface area contributed by atoms with Gasteiger partial charge in [-0.25, -0.2) is 0 Å². The number of carbonyl (C=O) groups is 1. The Morgan fingerprint density at radius 2 is 1.90 bits per heavy atom. The Hall–Kier alpha value is -1.55. The van der Waals surface area contributed by atoms with Gasteiger partial charge in [0.05, 0.1) is 6.54 Å². The molecule has 1 aromatic carbocycles. The third kappa shape index (κ3) is 3.76. The van der Waals surface area contributed by atoms with Crippen LogP contribution in [0.5, 0.6) is 0 Å². The zero-order valence-electron chi connectivity index (χ0n) is 13.5. The van der Waals surface area contributed by atoms with Crippen molar-refractivity contribution in [3.8, 4) is 0 Å². The molecule has 1 saturated heterocycles. The molecule has 1 heterocycles. The number of nitrogens with two attached hydrogens (primary N) is 1. The number of piperidine rings is 1. The van der Waals surface area contributed by atoms with Gasteiger partial charge >= 0.3 is 0 Å². The molecule has 3 unspecified atom stereocenters. The van der Waals surface area contributed by atoms with Crippen molar-refractivity contribution in [1.82, 2.24) is 4.90 Å². The van der Waals surface area contributed by atoms with Gasteiger partial charge in [0.1, 0.15) is 0 Å². The van der Waals surface area contributed by atoms with Crippen molar-refractivity contribution in [3.63, 3.8) is 0 Å². The molecule has 1 aliphatic rings. The first-order chi connectivity index (χ1) is 9.88. The molecule has 0 aliphatic carbocycles. The summed E-state index contributed by atoms with van der Waals surface area (Å²) in [4.78, 5) is 16.5. The first kappa shape index (κ1) is 15.8. The van der Waals surface area contributed by atoms with E-state index in [1.165, 1.54) is 6.42 Å². The fraction of sp³-hybridized carbons (Fsp3) is 0.588. The minimum atomic E-state index is 0.132. The van der Waals surface area contributed by atoms with E-state index < -0.39 is 0 Å². The molecule has 2 rings (SSSR count). The first-order valence-electron chi connectivity index (χ1n) is 7.74. The molecule has 1 amide bonds.